The van der Waals surface area contributed by atoms with Gasteiger partial charge in [-0.05, 0) is 0 Å². The Kier molecular flexibility index (Phi) is 6.14. The topological polar surface area (TPSA) is 223 Å². The molecule has 0 spiro atoms. The van der Waals surface area contributed by atoms with E-state index in [1.54, 1.807) is 0 Å². The molecule has 10 N–H and O–H groups in total. The smallest absolute Gasteiger partial charge is 0.394 e. The molecule has 0 atom stereocenters. The second-order valence-corrected chi connectivity index (χ2v) is 2.75. The van der Waals surface area contributed by atoms with Gasteiger partial charge in [0.2, 0.25) is 17.8 Å². The maximum Gasteiger partial charge on any atom is 0.394 e. The minimum absolute atomic E-state index is 0. The molecular weight excluding hydrogens is 232 g/mol. The van der Waals surface area contributed by atoms with E-state index in [1.807, 2.05) is 0 Å². The predicted octanol–water partition coefficient (Wildman–Crippen LogP) is -2.86. The van der Waals surface area contributed by atoms with E-state index < -0.39 is 10.4 Å². The van der Waals surface area contributed by atoms with Gasteiger partial charge in [0.15, 0.2) is 0 Å². The van der Waals surface area contributed by atoms with Crippen LogP contribution in [-0.2, 0) is 10.4 Å². The van der Waals surface area contributed by atoms with E-state index in [2.05, 4.69) is 15.0 Å². The lowest BCUT2D eigenvalue weighted by atomic mass is 10.9. The second kappa shape index (κ2) is 5.86. The number of nitrogens with two attached hydrogens (primary N) is 3. The van der Waals surface area contributed by atoms with Crippen LogP contribution in [0.3, 0.4) is 0 Å². The monoisotopic (exact) mass is 242 g/mol. The fraction of sp³-hybridized carbons (Fsp3) is 0. The highest BCUT2D eigenvalue weighted by Gasteiger charge is 1.93. The van der Waals surface area contributed by atoms with E-state index in [0.717, 1.165) is 0 Å². The highest BCUT2D eigenvalue weighted by molar-refractivity contribution is 7.79. The van der Waals surface area contributed by atoms with Gasteiger partial charge in [0.1, 0.15) is 0 Å². The number of aromatic nitrogens is 3. The number of hydrogen-bond donors (Lipinski definition) is 5. The molecule has 11 nitrogen and oxygen atoms in total. The molecule has 0 aliphatic rings. The van der Waals surface area contributed by atoms with Crippen molar-refractivity contribution in [2.75, 3.05) is 17.2 Å². The lowest BCUT2D eigenvalue weighted by molar-refractivity contribution is 0.381. The first-order chi connectivity index (χ1) is 6.18. The highest BCUT2D eigenvalue weighted by Crippen LogP contribution is 1.97. The minimum atomic E-state index is -4.67. The summed E-state index contributed by atoms with van der Waals surface area (Å²) in [6.45, 7) is 0. The molecule has 12 heteroatoms. The third kappa shape index (κ3) is 12.2. The first-order valence-corrected chi connectivity index (χ1v) is 4.30. The number of nitrogen functional groups attached to an aromatic ring is 3. The number of hydrogen-bond acceptors (Lipinski definition) is 8. The molecule has 0 radical (unpaired) electrons. The van der Waals surface area contributed by atoms with Gasteiger partial charge >= 0.3 is 10.4 Å². The Morgan fingerprint density at radius 3 is 1.13 bits per heavy atom. The molecule has 0 unspecified atom stereocenters. The van der Waals surface area contributed by atoms with Gasteiger partial charge in [-0.2, -0.15) is 23.4 Å². The molecule has 0 saturated heterocycles. The quantitative estimate of drug-likeness (QED) is 0.292. The molecule has 1 rings (SSSR count). The second-order valence-electron chi connectivity index (χ2n) is 1.86. The SMILES string of the molecule is Nc1nc(N)nc(N)n1.O.O=S(=O)(O)O. The van der Waals surface area contributed by atoms with Crippen molar-refractivity contribution in [1.29, 1.82) is 0 Å². The molecule has 0 aliphatic heterocycles. The molecule has 15 heavy (non-hydrogen) atoms. The molecule has 0 amide bonds. The average Bonchev–Trinajstić information content (AvgIpc) is 1.77. The lowest BCUT2D eigenvalue weighted by Crippen LogP contribution is -2.05. The largest absolute Gasteiger partial charge is 0.412 e. The Labute approximate surface area is 84.2 Å². The van der Waals surface area contributed by atoms with Gasteiger partial charge in [-0.15, -0.1) is 0 Å². The summed E-state index contributed by atoms with van der Waals surface area (Å²) in [4.78, 5) is 10.5. The molecule has 0 aromatic carbocycles. The lowest BCUT2D eigenvalue weighted by Gasteiger charge is -1.93. The van der Waals surface area contributed by atoms with Crippen LogP contribution < -0.4 is 17.2 Å². The van der Waals surface area contributed by atoms with Gasteiger partial charge in [0.25, 0.3) is 0 Å². The number of nitrogens with zero attached hydrogens (tertiary/aromatic N) is 3. The van der Waals surface area contributed by atoms with Gasteiger partial charge in [-0.1, -0.05) is 0 Å². The Morgan fingerprint density at radius 1 is 0.867 bits per heavy atom. The standard InChI is InChI=1S/C3H6N6.H2O4S.H2O/c4-1-7-2(5)9-3(6)8-1;1-5(2,3)4;/h(H6,4,5,6,7,8,9);(H2,1,2,3,4);1H2. The van der Waals surface area contributed by atoms with E-state index >= 15 is 0 Å². The van der Waals surface area contributed by atoms with Crippen LogP contribution in [0, 0.1) is 0 Å². The van der Waals surface area contributed by atoms with Gasteiger partial charge < -0.3 is 22.7 Å². The Morgan fingerprint density at radius 2 is 1.00 bits per heavy atom. The summed E-state index contributed by atoms with van der Waals surface area (Å²) in [6, 6.07) is 0. The van der Waals surface area contributed by atoms with E-state index in [4.69, 9.17) is 34.7 Å². The van der Waals surface area contributed by atoms with Crippen LogP contribution in [0.2, 0.25) is 0 Å². The highest BCUT2D eigenvalue weighted by atomic mass is 32.3. The van der Waals surface area contributed by atoms with Gasteiger partial charge in [0, 0.05) is 0 Å². The van der Waals surface area contributed by atoms with Gasteiger partial charge in [-0.3, -0.25) is 9.11 Å². The van der Waals surface area contributed by atoms with E-state index in [9.17, 15) is 0 Å². The van der Waals surface area contributed by atoms with Crippen molar-refractivity contribution in [1.82, 2.24) is 15.0 Å². The van der Waals surface area contributed by atoms with Crippen LogP contribution in [-0.4, -0.2) is 38.0 Å². The van der Waals surface area contributed by atoms with Crippen molar-refractivity contribution in [3.8, 4) is 0 Å². The fourth-order valence-corrected chi connectivity index (χ4v) is 0.427. The molecule has 1 aromatic heterocycles. The van der Waals surface area contributed by atoms with Crippen LogP contribution >= 0.6 is 0 Å². The van der Waals surface area contributed by atoms with Crippen LogP contribution in [0.1, 0.15) is 0 Å². The Hall–Kier alpha value is -1.76. The summed E-state index contributed by atoms with van der Waals surface area (Å²) in [6.07, 6.45) is 0. The molecule has 0 saturated carbocycles. The van der Waals surface area contributed by atoms with Gasteiger partial charge in [0.05, 0.1) is 0 Å². The van der Waals surface area contributed by atoms with Crippen molar-refractivity contribution >= 4 is 28.2 Å². The van der Waals surface area contributed by atoms with Crippen LogP contribution in [0.5, 0.6) is 0 Å². The third-order valence-corrected chi connectivity index (χ3v) is 0.687. The first-order valence-electron chi connectivity index (χ1n) is 2.91. The summed E-state index contributed by atoms with van der Waals surface area (Å²) in [5.41, 5.74) is 15.4. The van der Waals surface area contributed by atoms with E-state index in [1.165, 1.54) is 0 Å². The number of rotatable bonds is 0. The fourth-order valence-electron chi connectivity index (χ4n) is 0.427. The Balaban J connectivity index is 0. The normalized spacial score (nSPS) is 9.47. The van der Waals surface area contributed by atoms with Crippen molar-refractivity contribution in [2.24, 2.45) is 0 Å². The summed E-state index contributed by atoms with van der Waals surface area (Å²) < 4.78 is 31.6. The molecule has 1 heterocycles. The third-order valence-electron chi connectivity index (χ3n) is 0.687. The first kappa shape index (κ1) is 15.7. The summed E-state index contributed by atoms with van der Waals surface area (Å²) in [7, 11) is -4.67. The van der Waals surface area contributed by atoms with Gasteiger partial charge in [-0.25, -0.2) is 0 Å². The molecule has 0 aliphatic carbocycles. The molecule has 1 aromatic rings. The van der Waals surface area contributed by atoms with Crippen LogP contribution in [0.25, 0.3) is 0 Å². The van der Waals surface area contributed by atoms with Crippen molar-refractivity contribution in [3.63, 3.8) is 0 Å². The predicted molar refractivity (Wildman–Crippen MR) is 50.9 cm³/mol. The summed E-state index contributed by atoms with van der Waals surface area (Å²) >= 11 is 0. The number of anilines is 3. The summed E-state index contributed by atoms with van der Waals surface area (Å²) in [5.74, 6) is 0.125. The average molecular weight is 242 g/mol. The zero-order valence-electron chi connectivity index (χ0n) is 7.19. The minimum Gasteiger partial charge on any atom is -0.412 e. The van der Waals surface area contributed by atoms with Crippen molar-refractivity contribution in [3.05, 3.63) is 0 Å². The molecular formula is C3H10N6O5S. The zero-order chi connectivity index (χ0) is 11.4. The maximum absolute atomic E-state index is 8.74. The Bertz CT molecular complexity index is 347. The van der Waals surface area contributed by atoms with E-state index in [0.29, 0.717) is 0 Å². The van der Waals surface area contributed by atoms with Crippen LogP contribution in [0.4, 0.5) is 17.8 Å². The van der Waals surface area contributed by atoms with Crippen LogP contribution in [0.15, 0.2) is 0 Å². The summed E-state index contributed by atoms with van der Waals surface area (Å²) in [5, 5.41) is 0. The van der Waals surface area contributed by atoms with Crippen molar-refractivity contribution in [2.45, 2.75) is 0 Å². The zero-order valence-corrected chi connectivity index (χ0v) is 8.01. The molecule has 88 valence electrons. The maximum atomic E-state index is 8.74. The van der Waals surface area contributed by atoms with Crippen molar-refractivity contribution < 1.29 is 23.0 Å². The molecule has 0 bridgehead atoms. The molecule has 0 fully saturated rings. The van der Waals surface area contributed by atoms with E-state index in [-0.39, 0.29) is 23.3 Å².